The summed E-state index contributed by atoms with van der Waals surface area (Å²) in [6.45, 7) is 2.46. The van der Waals surface area contributed by atoms with E-state index in [0.717, 1.165) is 19.4 Å². The molecule has 0 unspecified atom stereocenters. The molecule has 0 aromatic carbocycles. The zero-order valence-corrected chi connectivity index (χ0v) is 12.7. The number of piperidine rings is 1. The van der Waals surface area contributed by atoms with Gasteiger partial charge in [0.25, 0.3) is 0 Å². The molecule has 120 valence electrons. The molecule has 2 aliphatic heterocycles. The predicted molar refractivity (Wildman–Crippen MR) is 77.0 cm³/mol. The van der Waals surface area contributed by atoms with E-state index in [2.05, 4.69) is 4.90 Å². The molecular formula is C14H25N3O4. The molecule has 2 heterocycles. The predicted octanol–water partition coefficient (Wildman–Crippen LogP) is -0.100. The van der Waals surface area contributed by atoms with E-state index in [9.17, 15) is 14.7 Å². The number of urea groups is 1. The molecule has 2 saturated heterocycles. The number of β-amino-alcohol motifs (C(OH)–C–C–N with tert-alkyl or cyclic N) is 1. The van der Waals surface area contributed by atoms with Crippen molar-refractivity contribution in [2.24, 2.45) is 5.92 Å². The Balaban J connectivity index is 1.91. The second-order valence-corrected chi connectivity index (χ2v) is 6.37. The standard InChI is InChI=1S/C14H25N3O4/c1-15(2)8-10-3-5-16(6-4-10)14(21)17-9-11(18)7-12(17)13(19)20/h10-12,18H,3-9H2,1-2H3,(H,19,20)/t11-,12-/m0/s1. The Morgan fingerprint density at radius 1 is 1.24 bits per heavy atom. The maximum Gasteiger partial charge on any atom is 0.326 e. The van der Waals surface area contributed by atoms with E-state index in [-0.39, 0.29) is 19.0 Å². The highest BCUT2D eigenvalue weighted by Gasteiger charge is 2.41. The molecule has 0 bridgehead atoms. The number of hydrogen-bond donors (Lipinski definition) is 2. The number of carbonyl (C=O) groups excluding carboxylic acids is 1. The molecule has 0 saturated carbocycles. The van der Waals surface area contributed by atoms with Crippen molar-refractivity contribution >= 4 is 12.0 Å². The fraction of sp³-hybridized carbons (Fsp3) is 0.857. The second-order valence-electron chi connectivity index (χ2n) is 6.37. The van der Waals surface area contributed by atoms with Crippen LogP contribution >= 0.6 is 0 Å². The largest absolute Gasteiger partial charge is 0.480 e. The van der Waals surface area contributed by atoms with Gasteiger partial charge in [0.15, 0.2) is 0 Å². The number of rotatable bonds is 3. The maximum absolute atomic E-state index is 12.5. The van der Waals surface area contributed by atoms with Crippen molar-refractivity contribution in [2.45, 2.75) is 31.4 Å². The number of hydrogen-bond acceptors (Lipinski definition) is 4. The Morgan fingerprint density at radius 3 is 2.38 bits per heavy atom. The fourth-order valence-electron chi connectivity index (χ4n) is 3.26. The quantitative estimate of drug-likeness (QED) is 0.760. The summed E-state index contributed by atoms with van der Waals surface area (Å²) in [5.74, 6) is -0.453. The van der Waals surface area contributed by atoms with E-state index in [1.165, 1.54) is 4.90 Å². The van der Waals surface area contributed by atoms with E-state index in [1.54, 1.807) is 4.90 Å². The van der Waals surface area contributed by atoms with Gasteiger partial charge in [-0.25, -0.2) is 9.59 Å². The van der Waals surface area contributed by atoms with Crippen LogP contribution in [0.4, 0.5) is 4.79 Å². The lowest BCUT2D eigenvalue weighted by Gasteiger charge is -2.36. The van der Waals surface area contributed by atoms with Gasteiger partial charge in [0.05, 0.1) is 6.10 Å². The number of likely N-dealkylation sites (tertiary alicyclic amines) is 2. The first kappa shape index (κ1) is 16.0. The smallest absolute Gasteiger partial charge is 0.326 e. The van der Waals surface area contributed by atoms with Crippen molar-refractivity contribution < 1.29 is 19.8 Å². The van der Waals surface area contributed by atoms with Crippen LogP contribution in [0.1, 0.15) is 19.3 Å². The molecule has 21 heavy (non-hydrogen) atoms. The van der Waals surface area contributed by atoms with E-state index in [0.29, 0.717) is 19.0 Å². The summed E-state index contributed by atoms with van der Waals surface area (Å²) < 4.78 is 0. The maximum atomic E-state index is 12.5. The minimum atomic E-state index is -1.04. The summed E-state index contributed by atoms with van der Waals surface area (Å²) in [6.07, 6.45) is 1.27. The number of aliphatic carboxylic acids is 1. The van der Waals surface area contributed by atoms with Gasteiger partial charge in [-0.15, -0.1) is 0 Å². The van der Waals surface area contributed by atoms with Gasteiger partial charge in [-0.05, 0) is 32.9 Å². The molecule has 2 aliphatic rings. The Labute approximate surface area is 125 Å². The Kier molecular flexibility index (Phi) is 5.05. The lowest BCUT2D eigenvalue weighted by molar-refractivity contribution is -0.141. The third-order valence-corrected chi connectivity index (χ3v) is 4.32. The average molecular weight is 299 g/mol. The number of amides is 2. The normalized spacial score (nSPS) is 27.4. The average Bonchev–Trinajstić information content (AvgIpc) is 2.80. The van der Waals surface area contributed by atoms with Gasteiger partial charge in [0, 0.05) is 32.6 Å². The van der Waals surface area contributed by atoms with Crippen LogP contribution in [0.2, 0.25) is 0 Å². The number of carbonyl (C=O) groups is 2. The van der Waals surface area contributed by atoms with Gasteiger partial charge in [-0.1, -0.05) is 0 Å². The molecular weight excluding hydrogens is 274 g/mol. The van der Waals surface area contributed by atoms with Crippen molar-refractivity contribution in [3.63, 3.8) is 0 Å². The highest BCUT2D eigenvalue weighted by Crippen LogP contribution is 2.23. The Hall–Kier alpha value is -1.34. The molecule has 0 aromatic heterocycles. The third kappa shape index (κ3) is 3.85. The lowest BCUT2D eigenvalue weighted by atomic mass is 9.96. The van der Waals surface area contributed by atoms with Gasteiger partial charge >= 0.3 is 12.0 Å². The monoisotopic (exact) mass is 299 g/mol. The van der Waals surface area contributed by atoms with Gasteiger partial charge in [0.1, 0.15) is 6.04 Å². The summed E-state index contributed by atoms with van der Waals surface area (Å²) in [5, 5.41) is 18.8. The van der Waals surface area contributed by atoms with Crippen LogP contribution in [0.25, 0.3) is 0 Å². The molecule has 0 aliphatic carbocycles. The SMILES string of the molecule is CN(C)CC1CCN(C(=O)N2C[C@@H](O)C[C@H]2C(=O)O)CC1. The lowest BCUT2D eigenvalue weighted by Crippen LogP contribution is -2.50. The molecule has 7 heteroatoms. The summed E-state index contributed by atoms with van der Waals surface area (Å²) >= 11 is 0. The number of carboxylic acid groups (broad SMARTS) is 1. The van der Waals surface area contributed by atoms with Crippen molar-refractivity contribution in [1.29, 1.82) is 0 Å². The van der Waals surface area contributed by atoms with Crippen LogP contribution in [0.15, 0.2) is 0 Å². The first-order valence-electron chi connectivity index (χ1n) is 7.49. The van der Waals surface area contributed by atoms with Crippen molar-refractivity contribution in [1.82, 2.24) is 14.7 Å². The van der Waals surface area contributed by atoms with Gasteiger partial charge in [0.2, 0.25) is 0 Å². The van der Waals surface area contributed by atoms with E-state index in [4.69, 9.17) is 5.11 Å². The van der Waals surface area contributed by atoms with Crippen molar-refractivity contribution in [2.75, 3.05) is 40.3 Å². The molecule has 0 aromatic rings. The van der Waals surface area contributed by atoms with Crippen LogP contribution in [0, 0.1) is 5.92 Å². The summed E-state index contributed by atoms with van der Waals surface area (Å²) in [6, 6.07) is -1.14. The molecule has 7 nitrogen and oxygen atoms in total. The third-order valence-electron chi connectivity index (χ3n) is 4.32. The van der Waals surface area contributed by atoms with Crippen molar-refractivity contribution in [3.05, 3.63) is 0 Å². The number of carboxylic acids is 1. The highest BCUT2D eigenvalue weighted by atomic mass is 16.4. The molecule has 0 radical (unpaired) electrons. The first-order chi connectivity index (χ1) is 9.88. The van der Waals surface area contributed by atoms with Crippen molar-refractivity contribution in [3.8, 4) is 0 Å². The topological polar surface area (TPSA) is 84.3 Å². The van der Waals surface area contributed by atoms with Crippen LogP contribution in [0.3, 0.4) is 0 Å². The first-order valence-corrected chi connectivity index (χ1v) is 7.49. The van der Waals surface area contributed by atoms with Gasteiger partial charge < -0.3 is 24.9 Å². The van der Waals surface area contributed by atoms with E-state index >= 15 is 0 Å². The second kappa shape index (κ2) is 6.62. The summed E-state index contributed by atoms with van der Waals surface area (Å²) in [7, 11) is 4.08. The fourth-order valence-corrected chi connectivity index (χ4v) is 3.26. The Bertz CT molecular complexity index is 394. The zero-order chi connectivity index (χ0) is 15.6. The molecule has 0 spiro atoms. The molecule has 2 atom stereocenters. The number of aliphatic hydroxyl groups excluding tert-OH is 1. The number of aliphatic hydroxyl groups is 1. The zero-order valence-electron chi connectivity index (χ0n) is 12.7. The van der Waals surface area contributed by atoms with Crippen LogP contribution in [0.5, 0.6) is 0 Å². The summed E-state index contributed by atoms with van der Waals surface area (Å²) in [5.41, 5.74) is 0. The van der Waals surface area contributed by atoms with Crippen LogP contribution in [-0.4, -0.2) is 89.3 Å². The van der Waals surface area contributed by atoms with E-state index < -0.39 is 18.1 Å². The van der Waals surface area contributed by atoms with E-state index in [1.807, 2.05) is 14.1 Å². The van der Waals surface area contributed by atoms with Crippen LogP contribution < -0.4 is 0 Å². The minimum absolute atomic E-state index is 0.118. The Morgan fingerprint density at radius 2 is 1.86 bits per heavy atom. The number of nitrogens with zero attached hydrogens (tertiary/aromatic N) is 3. The molecule has 2 fully saturated rings. The van der Waals surface area contributed by atoms with Gasteiger partial charge in [-0.3, -0.25) is 0 Å². The molecule has 2 rings (SSSR count). The minimum Gasteiger partial charge on any atom is -0.480 e. The molecule has 2 amide bonds. The highest BCUT2D eigenvalue weighted by molar-refractivity contribution is 5.83. The van der Waals surface area contributed by atoms with Gasteiger partial charge in [-0.2, -0.15) is 0 Å². The molecule has 2 N–H and O–H groups in total. The summed E-state index contributed by atoms with van der Waals surface area (Å²) in [4.78, 5) is 28.8. The van der Waals surface area contributed by atoms with Crippen LogP contribution in [-0.2, 0) is 4.79 Å².